The fourth-order valence-electron chi connectivity index (χ4n) is 5.39. The molecule has 1 fully saturated rings. The molecule has 0 bridgehead atoms. The number of rotatable bonds is 9. The quantitative estimate of drug-likeness (QED) is 0.252. The smallest absolute Gasteiger partial charge is 0.408 e. The van der Waals surface area contributed by atoms with Gasteiger partial charge >= 0.3 is 12.1 Å². The zero-order valence-corrected chi connectivity index (χ0v) is 24.6. The fraction of sp³-hybridized carbons (Fsp3) is 0.452. The molecule has 0 aliphatic carbocycles. The average molecular weight is 610 g/mol. The van der Waals surface area contributed by atoms with Crippen molar-refractivity contribution in [2.45, 2.75) is 65.5 Å². The summed E-state index contributed by atoms with van der Waals surface area (Å²) in [6, 6.07) is 10.1. The summed E-state index contributed by atoms with van der Waals surface area (Å²) in [6.07, 6.45) is 3.28. The van der Waals surface area contributed by atoms with Crippen molar-refractivity contribution in [1.29, 1.82) is 0 Å². The minimum atomic E-state index is -1.24. The van der Waals surface area contributed by atoms with Gasteiger partial charge in [-0.2, -0.15) is 0 Å². The van der Waals surface area contributed by atoms with Gasteiger partial charge in [0.25, 0.3) is 0 Å². The number of aliphatic carboxylic acids is 1. The van der Waals surface area contributed by atoms with E-state index < -0.39 is 18.1 Å². The monoisotopic (exact) mass is 609 g/mol. The van der Waals surface area contributed by atoms with E-state index in [9.17, 15) is 14.7 Å². The van der Waals surface area contributed by atoms with Crippen LogP contribution in [0.1, 0.15) is 60.8 Å². The van der Waals surface area contributed by atoms with E-state index in [1.54, 1.807) is 24.3 Å². The van der Waals surface area contributed by atoms with Gasteiger partial charge in [0.05, 0.1) is 0 Å². The number of amides is 1. The van der Waals surface area contributed by atoms with Crippen LogP contribution in [0.3, 0.4) is 0 Å². The van der Waals surface area contributed by atoms with Gasteiger partial charge < -0.3 is 30.7 Å². The van der Waals surface area contributed by atoms with E-state index in [-0.39, 0.29) is 20.6 Å². The summed E-state index contributed by atoms with van der Waals surface area (Å²) in [4.78, 5) is 40.6. The Morgan fingerprint density at radius 3 is 2.65 bits per heavy atom. The SMILES string of the molecule is C.Cc1nc(NC[C@H](NC(=O)OCc2ccccc2Cl)C(=O)O)c(C)c(N2CCC(c3ccc4c(n3)NCCC4)CC2)n1. The molecule has 0 radical (unpaired) electrons. The highest BCUT2D eigenvalue weighted by Crippen LogP contribution is 2.33. The molecule has 1 aromatic carbocycles. The largest absolute Gasteiger partial charge is 0.480 e. The first-order valence-electron chi connectivity index (χ1n) is 14.3. The van der Waals surface area contributed by atoms with E-state index >= 15 is 0 Å². The van der Waals surface area contributed by atoms with Crippen molar-refractivity contribution in [3.63, 3.8) is 0 Å². The van der Waals surface area contributed by atoms with Gasteiger partial charge in [0.15, 0.2) is 0 Å². The number of anilines is 3. The molecule has 43 heavy (non-hydrogen) atoms. The fourth-order valence-corrected chi connectivity index (χ4v) is 5.58. The first-order valence-corrected chi connectivity index (χ1v) is 14.6. The van der Waals surface area contributed by atoms with Gasteiger partial charge in [0, 0.05) is 53.9 Å². The molecule has 3 aromatic rings. The molecule has 5 rings (SSSR count). The summed E-state index contributed by atoms with van der Waals surface area (Å²) < 4.78 is 5.18. The maximum Gasteiger partial charge on any atom is 0.408 e. The first-order chi connectivity index (χ1) is 20.3. The summed E-state index contributed by atoms with van der Waals surface area (Å²) in [5.74, 6) is 2.14. The molecule has 4 heterocycles. The average Bonchev–Trinajstić information content (AvgIpc) is 3.00. The molecular formula is C31H40ClN7O4. The number of carbonyl (C=O) groups excluding carboxylic acids is 1. The van der Waals surface area contributed by atoms with Crippen molar-refractivity contribution >= 4 is 41.1 Å². The molecule has 0 spiro atoms. The van der Waals surface area contributed by atoms with E-state index in [0.717, 1.165) is 68.2 Å². The molecule has 1 atom stereocenters. The lowest BCUT2D eigenvalue weighted by Gasteiger charge is -2.34. The lowest BCUT2D eigenvalue weighted by Crippen LogP contribution is -2.45. The van der Waals surface area contributed by atoms with Gasteiger partial charge in [-0.1, -0.05) is 43.3 Å². The molecule has 0 unspecified atom stereocenters. The van der Waals surface area contributed by atoms with Crippen LogP contribution in [0.5, 0.6) is 0 Å². The number of fused-ring (bicyclic) bond motifs is 1. The molecule has 0 saturated carbocycles. The van der Waals surface area contributed by atoms with Crippen LogP contribution < -0.4 is 20.9 Å². The molecule has 1 saturated heterocycles. The van der Waals surface area contributed by atoms with Crippen LogP contribution in [0.4, 0.5) is 22.2 Å². The van der Waals surface area contributed by atoms with Gasteiger partial charge in [-0.25, -0.2) is 24.5 Å². The van der Waals surface area contributed by atoms with Gasteiger partial charge in [0.2, 0.25) is 0 Å². The number of hydrogen-bond acceptors (Lipinski definition) is 9. The van der Waals surface area contributed by atoms with Crippen molar-refractivity contribution in [3.05, 3.63) is 69.6 Å². The number of halogens is 1. The summed E-state index contributed by atoms with van der Waals surface area (Å²) in [6.45, 7) is 6.18. The van der Waals surface area contributed by atoms with Gasteiger partial charge in [-0.05, 0) is 57.2 Å². The molecule has 11 nitrogen and oxygen atoms in total. The second-order valence-corrected chi connectivity index (χ2v) is 11.1. The van der Waals surface area contributed by atoms with E-state index in [0.29, 0.717) is 28.1 Å². The van der Waals surface area contributed by atoms with Crippen molar-refractivity contribution in [3.8, 4) is 0 Å². The molecule has 230 valence electrons. The first kappa shape index (κ1) is 31.8. The van der Waals surface area contributed by atoms with E-state index in [4.69, 9.17) is 26.3 Å². The molecule has 2 aliphatic heterocycles. The molecule has 4 N–H and O–H groups in total. The molecule has 2 aliphatic rings. The van der Waals surface area contributed by atoms with Crippen LogP contribution in [0, 0.1) is 13.8 Å². The third-order valence-electron chi connectivity index (χ3n) is 7.74. The number of carbonyl (C=O) groups is 2. The Morgan fingerprint density at radius 2 is 1.91 bits per heavy atom. The Balaban J connectivity index is 0.00000423. The summed E-state index contributed by atoms with van der Waals surface area (Å²) >= 11 is 6.10. The van der Waals surface area contributed by atoms with Crippen LogP contribution >= 0.6 is 11.6 Å². The maximum absolute atomic E-state index is 12.3. The predicted octanol–water partition coefficient (Wildman–Crippen LogP) is 5.31. The number of ether oxygens (including phenoxy) is 1. The highest BCUT2D eigenvalue weighted by atomic mass is 35.5. The Kier molecular flexibility index (Phi) is 10.6. The van der Waals surface area contributed by atoms with Gasteiger partial charge in [0.1, 0.15) is 35.9 Å². The predicted molar refractivity (Wildman–Crippen MR) is 168 cm³/mol. The summed E-state index contributed by atoms with van der Waals surface area (Å²) in [5, 5.41) is 19.1. The highest BCUT2D eigenvalue weighted by molar-refractivity contribution is 6.31. The zero-order valence-electron chi connectivity index (χ0n) is 23.8. The Bertz CT molecular complexity index is 1450. The minimum Gasteiger partial charge on any atom is -0.480 e. The maximum atomic E-state index is 12.3. The Labute approximate surface area is 257 Å². The van der Waals surface area contributed by atoms with Crippen LogP contribution in [-0.2, 0) is 22.6 Å². The number of piperidine rings is 1. The lowest BCUT2D eigenvalue weighted by atomic mass is 9.92. The number of pyridine rings is 1. The highest BCUT2D eigenvalue weighted by Gasteiger charge is 2.27. The van der Waals surface area contributed by atoms with Gasteiger partial charge in [-0.3, -0.25) is 0 Å². The van der Waals surface area contributed by atoms with Crippen molar-refractivity contribution in [2.75, 3.05) is 41.7 Å². The van der Waals surface area contributed by atoms with E-state index in [2.05, 4.69) is 38.0 Å². The van der Waals surface area contributed by atoms with Crippen LogP contribution in [-0.4, -0.2) is 64.3 Å². The molecule has 12 heteroatoms. The third-order valence-corrected chi connectivity index (χ3v) is 8.11. The van der Waals surface area contributed by atoms with Crippen LogP contribution in [0.25, 0.3) is 0 Å². The van der Waals surface area contributed by atoms with Gasteiger partial charge in [-0.15, -0.1) is 0 Å². The van der Waals surface area contributed by atoms with Crippen LogP contribution in [0.2, 0.25) is 5.02 Å². The Morgan fingerprint density at radius 1 is 1.14 bits per heavy atom. The summed E-state index contributed by atoms with van der Waals surface area (Å²) in [7, 11) is 0. The lowest BCUT2D eigenvalue weighted by molar-refractivity contribution is -0.139. The minimum absolute atomic E-state index is 0. The van der Waals surface area contributed by atoms with Crippen LogP contribution in [0.15, 0.2) is 36.4 Å². The standard InChI is InChI=1S/C30H36ClN7O4.CH4/c1-18-26(33-16-25(29(39)40)37-30(41)42-17-22-6-3-4-8-23(22)31)34-19(2)35-28(18)38-14-11-20(12-15-38)24-10-9-21-7-5-13-32-27(21)36-24;/h3-4,6,8-10,20,25H,5,7,11-17H2,1-2H3,(H,32,36)(H,37,41)(H,39,40)(H,33,34,35);1H4/t25-;/m0./s1. The number of nitrogens with one attached hydrogen (secondary N) is 3. The molecule has 1 amide bonds. The molecule has 2 aromatic heterocycles. The van der Waals surface area contributed by atoms with E-state index in [1.165, 1.54) is 5.56 Å². The number of alkyl carbamates (subject to hydrolysis) is 1. The number of aryl methyl sites for hydroxylation is 2. The second-order valence-electron chi connectivity index (χ2n) is 10.7. The third kappa shape index (κ3) is 7.84. The summed E-state index contributed by atoms with van der Waals surface area (Å²) in [5.41, 5.74) is 3.88. The number of nitrogens with zero attached hydrogens (tertiary/aromatic N) is 4. The Hall–Kier alpha value is -4.12. The number of hydrogen-bond donors (Lipinski definition) is 4. The number of carboxylic acid groups (broad SMARTS) is 1. The molecular weight excluding hydrogens is 570 g/mol. The number of aromatic nitrogens is 3. The number of carboxylic acids is 1. The van der Waals surface area contributed by atoms with E-state index in [1.807, 2.05) is 13.8 Å². The van der Waals surface area contributed by atoms with Crippen molar-refractivity contribution in [2.24, 2.45) is 0 Å². The normalized spacial score (nSPS) is 15.4. The second kappa shape index (κ2) is 14.4. The topological polar surface area (TPSA) is 142 Å². The number of benzene rings is 1. The van der Waals surface area contributed by atoms with Crippen molar-refractivity contribution < 1.29 is 19.4 Å². The zero-order chi connectivity index (χ0) is 29.6. The van der Waals surface area contributed by atoms with Crippen molar-refractivity contribution in [1.82, 2.24) is 20.3 Å².